The average Bonchev–Trinajstić information content (AvgIpc) is 2.83. The van der Waals surface area contributed by atoms with Crippen LogP contribution in [0.2, 0.25) is 5.02 Å². The fourth-order valence-electron chi connectivity index (χ4n) is 3.53. The van der Waals surface area contributed by atoms with Crippen LogP contribution in [0, 0.1) is 11.8 Å². The van der Waals surface area contributed by atoms with Crippen LogP contribution in [0.15, 0.2) is 66.9 Å². The van der Waals surface area contributed by atoms with Gasteiger partial charge in [-0.15, -0.1) is 0 Å². The molecule has 0 saturated carbocycles. The van der Waals surface area contributed by atoms with Crippen LogP contribution in [-0.2, 0) is 0 Å². The molecule has 5 nitrogen and oxygen atoms in total. The van der Waals surface area contributed by atoms with Crippen LogP contribution in [0.25, 0.3) is 0 Å². The van der Waals surface area contributed by atoms with Crippen LogP contribution in [0.3, 0.4) is 0 Å². The first-order chi connectivity index (χ1) is 15.1. The summed E-state index contributed by atoms with van der Waals surface area (Å²) in [6, 6.07) is 18.7. The van der Waals surface area contributed by atoms with Crippen molar-refractivity contribution in [2.45, 2.75) is 0 Å². The highest BCUT2D eigenvalue weighted by atomic mass is 35.5. The molecule has 0 atom stereocenters. The van der Waals surface area contributed by atoms with E-state index in [0.717, 1.165) is 18.8 Å². The smallest absolute Gasteiger partial charge is 0.254 e. The molecule has 1 amide bonds. The van der Waals surface area contributed by atoms with Gasteiger partial charge in [0.1, 0.15) is 11.4 Å². The molecule has 2 heterocycles. The van der Waals surface area contributed by atoms with Crippen LogP contribution in [-0.4, -0.2) is 49.1 Å². The normalized spacial score (nSPS) is 13.4. The molecule has 0 N–H and O–H groups in total. The van der Waals surface area contributed by atoms with Gasteiger partial charge in [-0.3, -0.25) is 4.79 Å². The zero-order valence-corrected chi connectivity index (χ0v) is 18.0. The van der Waals surface area contributed by atoms with E-state index in [9.17, 15) is 4.79 Å². The number of amides is 1. The van der Waals surface area contributed by atoms with Gasteiger partial charge in [0.2, 0.25) is 0 Å². The van der Waals surface area contributed by atoms with Crippen LogP contribution < -0.4 is 9.64 Å². The van der Waals surface area contributed by atoms with Gasteiger partial charge in [-0.2, -0.15) is 0 Å². The third kappa shape index (κ3) is 4.99. The Morgan fingerprint density at radius 1 is 1.00 bits per heavy atom. The van der Waals surface area contributed by atoms with Crippen LogP contribution in [0.1, 0.15) is 21.6 Å². The van der Waals surface area contributed by atoms with Crippen molar-refractivity contribution in [3.05, 3.63) is 88.7 Å². The zero-order chi connectivity index (χ0) is 21.6. The third-order valence-electron chi connectivity index (χ3n) is 5.18. The predicted octanol–water partition coefficient (Wildman–Crippen LogP) is 4.11. The maximum Gasteiger partial charge on any atom is 0.254 e. The second-order valence-corrected chi connectivity index (χ2v) is 7.58. The van der Waals surface area contributed by atoms with Gasteiger partial charge >= 0.3 is 0 Å². The molecule has 1 aliphatic rings. The first-order valence-corrected chi connectivity index (χ1v) is 10.4. The van der Waals surface area contributed by atoms with Crippen molar-refractivity contribution in [3.8, 4) is 17.6 Å². The lowest BCUT2D eigenvalue weighted by Gasteiger charge is -2.36. The number of anilines is 1. The highest BCUT2D eigenvalue weighted by Gasteiger charge is 2.23. The van der Waals surface area contributed by atoms with Gasteiger partial charge in [-0.1, -0.05) is 29.7 Å². The van der Waals surface area contributed by atoms with E-state index in [1.54, 1.807) is 31.5 Å². The largest absolute Gasteiger partial charge is 0.495 e. The van der Waals surface area contributed by atoms with Gasteiger partial charge in [0.15, 0.2) is 0 Å². The molecular weight excluding hydrogens is 410 g/mol. The number of hydrogen-bond donors (Lipinski definition) is 0. The number of piperazine rings is 1. The molecule has 6 heteroatoms. The molecule has 0 spiro atoms. The van der Waals surface area contributed by atoms with E-state index in [-0.39, 0.29) is 5.91 Å². The molecule has 4 rings (SSSR count). The Morgan fingerprint density at radius 2 is 1.84 bits per heavy atom. The van der Waals surface area contributed by atoms with Crippen molar-refractivity contribution in [2.24, 2.45) is 0 Å². The standard InChI is InChI=1S/C25H22ClN3O2/c1-31-24-11-9-20(17-19(24)8-10-22-6-2-3-12-27-22)25(30)29-15-13-28(14-16-29)23-7-4-5-21(26)18-23/h2-7,9,11-12,17-18H,13-16H2,1H3. The number of pyridine rings is 1. The van der Waals surface area contributed by atoms with Crippen molar-refractivity contribution >= 4 is 23.2 Å². The monoisotopic (exact) mass is 431 g/mol. The Kier molecular flexibility index (Phi) is 6.40. The molecule has 156 valence electrons. The lowest BCUT2D eigenvalue weighted by atomic mass is 10.1. The minimum Gasteiger partial charge on any atom is -0.495 e. The van der Waals surface area contributed by atoms with E-state index in [4.69, 9.17) is 16.3 Å². The summed E-state index contributed by atoms with van der Waals surface area (Å²) in [5, 5.41) is 0.716. The molecule has 0 unspecified atom stereocenters. The van der Waals surface area contributed by atoms with Crippen molar-refractivity contribution in [1.82, 2.24) is 9.88 Å². The summed E-state index contributed by atoms with van der Waals surface area (Å²) in [4.78, 5) is 21.4. The number of ether oxygens (including phenoxy) is 1. The maximum absolute atomic E-state index is 13.1. The van der Waals surface area contributed by atoms with Crippen molar-refractivity contribution in [2.75, 3.05) is 38.2 Å². The number of methoxy groups -OCH3 is 1. The quantitative estimate of drug-likeness (QED) is 0.585. The molecule has 1 saturated heterocycles. The Morgan fingerprint density at radius 3 is 2.55 bits per heavy atom. The molecule has 0 radical (unpaired) electrons. The molecule has 0 bridgehead atoms. The van der Waals surface area contributed by atoms with E-state index < -0.39 is 0 Å². The predicted molar refractivity (Wildman–Crippen MR) is 123 cm³/mol. The Labute approximate surface area is 187 Å². The van der Waals surface area contributed by atoms with E-state index in [2.05, 4.69) is 21.7 Å². The minimum atomic E-state index is -0.00529. The molecule has 31 heavy (non-hydrogen) atoms. The summed E-state index contributed by atoms with van der Waals surface area (Å²) in [6.07, 6.45) is 1.70. The summed E-state index contributed by atoms with van der Waals surface area (Å²) in [5.41, 5.74) is 3.01. The Hall–Kier alpha value is -3.49. The fourth-order valence-corrected chi connectivity index (χ4v) is 3.71. The van der Waals surface area contributed by atoms with E-state index in [0.29, 0.717) is 40.7 Å². The summed E-state index contributed by atoms with van der Waals surface area (Å²) in [5.74, 6) is 6.73. The summed E-state index contributed by atoms with van der Waals surface area (Å²) >= 11 is 6.11. The topological polar surface area (TPSA) is 45.7 Å². The highest BCUT2D eigenvalue weighted by Crippen LogP contribution is 2.23. The molecule has 2 aromatic carbocycles. The first-order valence-electron chi connectivity index (χ1n) is 10.0. The molecule has 1 fully saturated rings. The maximum atomic E-state index is 13.1. The zero-order valence-electron chi connectivity index (χ0n) is 17.2. The lowest BCUT2D eigenvalue weighted by molar-refractivity contribution is 0.0746. The van der Waals surface area contributed by atoms with Crippen molar-refractivity contribution < 1.29 is 9.53 Å². The van der Waals surface area contributed by atoms with Crippen molar-refractivity contribution in [1.29, 1.82) is 0 Å². The number of rotatable bonds is 3. The number of benzene rings is 2. The molecule has 0 aliphatic carbocycles. The third-order valence-corrected chi connectivity index (χ3v) is 5.41. The van der Waals surface area contributed by atoms with Crippen LogP contribution in [0.4, 0.5) is 5.69 Å². The number of nitrogens with zero attached hydrogens (tertiary/aromatic N) is 3. The lowest BCUT2D eigenvalue weighted by Crippen LogP contribution is -2.48. The molecule has 1 aliphatic heterocycles. The van der Waals surface area contributed by atoms with Gasteiger partial charge in [0, 0.05) is 48.6 Å². The summed E-state index contributed by atoms with van der Waals surface area (Å²) in [6.45, 7) is 2.81. The molecule has 3 aromatic rings. The van der Waals surface area contributed by atoms with Crippen molar-refractivity contribution in [3.63, 3.8) is 0 Å². The highest BCUT2D eigenvalue weighted by molar-refractivity contribution is 6.30. The van der Waals surface area contributed by atoms with Gasteiger partial charge in [-0.05, 0) is 54.5 Å². The number of carbonyl (C=O) groups excluding carboxylic acids is 1. The summed E-state index contributed by atoms with van der Waals surface area (Å²) in [7, 11) is 1.60. The van der Waals surface area contributed by atoms with Gasteiger partial charge in [0.25, 0.3) is 5.91 Å². The second-order valence-electron chi connectivity index (χ2n) is 7.14. The fraction of sp³-hybridized carbons (Fsp3) is 0.200. The van der Waals surface area contributed by atoms with Crippen LogP contribution >= 0.6 is 11.6 Å². The van der Waals surface area contributed by atoms with E-state index in [1.165, 1.54) is 0 Å². The van der Waals surface area contributed by atoms with Gasteiger partial charge in [-0.25, -0.2) is 4.98 Å². The minimum absolute atomic E-state index is 0.00529. The van der Waals surface area contributed by atoms with E-state index in [1.807, 2.05) is 47.4 Å². The number of aromatic nitrogens is 1. The summed E-state index contributed by atoms with van der Waals surface area (Å²) < 4.78 is 5.42. The number of halogens is 1. The van der Waals surface area contributed by atoms with Gasteiger partial charge in [0.05, 0.1) is 12.7 Å². The molecule has 1 aromatic heterocycles. The SMILES string of the molecule is COc1ccc(C(=O)N2CCN(c3cccc(Cl)c3)CC2)cc1C#Cc1ccccn1. The molecular formula is C25H22ClN3O2. The Balaban J connectivity index is 1.48. The first kappa shape index (κ1) is 20.8. The Bertz CT molecular complexity index is 1130. The van der Waals surface area contributed by atoms with E-state index >= 15 is 0 Å². The van der Waals surface area contributed by atoms with Gasteiger partial charge < -0.3 is 14.5 Å². The van der Waals surface area contributed by atoms with Crippen LogP contribution in [0.5, 0.6) is 5.75 Å². The average molecular weight is 432 g/mol. The number of carbonyl (C=O) groups is 1. The number of hydrogen-bond acceptors (Lipinski definition) is 4. The second kappa shape index (κ2) is 9.55.